The lowest BCUT2D eigenvalue weighted by Crippen LogP contribution is -2.56. The fourth-order valence-corrected chi connectivity index (χ4v) is 7.61. The van der Waals surface area contributed by atoms with E-state index in [0.717, 1.165) is 5.92 Å². The third kappa shape index (κ3) is 1.92. The second-order valence-electron chi connectivity index (χ2n) is 8.77. The number of rotatable bonds is 2. The molecule has 3 unspecified atom stereocenters. The monoisotopic (exact) mass is 332 g/mol. The minimum absolute atomic E-state index is 0.504. The fourth-order valence-electron chi connectivity index (χ4n) is 6.79. The topological polar surface area (TPSA) is 0 Å². The summed E-state index contributed by atoms with van der Waals surface area (Å²) in [5.74, 6) is 0.977. The summed E-state index contributed by atoms with van der Waals surface area (Å²) in [4.78, 5) is 0.540. The van der Waals surface area contributed by atoms with E-state index in [9.17, 15) is 0 Å². The molecule has 0 saturated heterocycles. The van der Waals surface area contributed by atoms with Crippen LogP contribution < -0.4 is 0 Å². The van der Waals surface area contributed by atoms with Crippen LogP contribution in [0.3, 0.4) is 0 Å². The van der Waals surface area contributed by atoms with Crippen molar-refractivity contribution in [1.29, 1.82) is 0 Å². The molecule has 4 aliphatic rings. The van der Waals surface area contributed by atoms with Crippen molar-refractivity contribution in [3.8, 4) is 0 Å². The van der Waals surface area contributed by atoms with Gasteiger partial charge in [-0.3, -0.25) is 0 Å². The quantitative estimate of drug-likeness (QED) is 0.572. The molecule has 1 aromatic carbocycles. The van der Waals surface area contributed by atoms with Gasteiger partial charge in [-0.1, -0.05) is 60.1 Å². The maximum Gasteiger partial charge on any atom is 0.0452 e. The first kappa shape index (κ1) is 13.4. The van der Waals surface area contributed by atoms with E-state index >= 15 is 0 Å². The van der Waals surface area contributed by atoms with Crippen LogP contribution in [0.4, 0.5) is 0 Å². The lowest BCUT2D eigenvalue weighted by atomic mass is 9.39. The van der Waals surface area contributed by atoms with E-state index in [2.05, 4.69) is 60.1 Å². The van der Waals surface area contributed by atoms with Gasteiger partial charge in [0.1, 0.15) is 0 Å². The molecule has 0 N–H and O–H groups in total. The predicted molar refractivity (Wildman–Crippen MR) is 87.9 cm³/mol. The van der Waals surface area contributed by atoms with Crippen LogP contribution in [0.5, 0.6) is 0 Å². The molecule has 20 heavy (non-hydrogen) atoms. The van der Waals surface area contributed by atoms with Gasteiger partial charge in [0.25, 0.3) is 0 Å². The molecule has 4 fully saturated rings. The van der Waals surface area contributed by atoms with Gasteiger partial charge in [-0.2, -0.15) is 0 Å². The van der Waals surface area contributed by atoms with Crippen molar-refractivity contribution in [1.82, 2.24) is 0 Å². The third-order valence-electron chi connectivity index (χ3n) is 6.30. The third-order valence-corrected chi connectivity index (χ3v) is 7.80. The summed E-state index contributed by atoms with van der Waals surface area (Å²) in [6.45, 7) is 5.13. The molecule has 0 radical (unpaired) electrons. The van der Waals surface area contributed by atoms with Crippen LogP contribution in [-0.4, -0.2) is 0 Å². The Kier molecular flexibility index (Phi) is 2.76. The predicted octanol–water partition coefficient (Wildman–Crippen LogP) is 6.12. The van der Waals surface area contributed by atoms with Crippen LogP contribution in [0, 0.1) is 22.2 Å². The molecule has 1 heteroatoms. The van der Waals surface area contributed by atoms with Gasteiger partial charge in [0.15, 0.2) is 0 Å². The smallest absolute Gasteiger partial charge is 0.0452 e. The largest absolute Gasteiger partial charge is 0.0833 e. The Hall–Kier alpha value is -0.300. The molecule has 5 rings (SSSR count). The number of benzene rings is 1. The van der Waals surface area contributed by atoms with E-state index < -0.39 is 0 Å². The van der Waals surface area contributed by atoms with Crippen molar-refractivity contribution in [2.24, 2.45) is 22.2 Å². The molecular weight excluding hydrogens is 308 g/mol. The summed E-state index contributed by atoms with van der Waals surface area (Å²) in [6, 6.07) is 11.1. The number of hydrogen-bond donors (Lipinski definition) is 0. The second-order valence-corrected chi connectivity index (χ2v) is 9.68. The normalized spacial score (nSPS) is 47.5. The summed E-state index contributed by atoms with van der Waals surface area (Å²) < 4.78 is 0. The van der Waals surface area contributed by atoms with Gasteiger partial charge in [-0.15, -0.1) is 0 Å². The summed E-state index contributed by atoms with van der Waals surface area (Å²) >= 11 is 4.12. The molecule has 0 aromatic heterocycles. The molecule has 4 saturated carbocycles. The second kappa shape index (κ2) is 4.12. The number of halogens is 1. The van der Waals surface area contributed by atoms with Crippen LogP contribution in [-0.2, 0) is 0 Å². The molecule has 3 atom stereocenters. The molecule has 0 heterocycles. The van der Waals surface area contributed by atoms with Crippen LogP contribution in [0.15, 0.2) is 30.3 Å². The van der Waals surface area contributed by atoms with Gasteiger partial charge in [0, 0.05) is 4.83 Å². The van der Waals surface area contributed by atoms with Gasteiger partial charge >= 0.3 is 0 Å². The standard InChI is InChI=1S/C19H25Br/c1-17-8-14-9-18(2,11-17)13-19(10-14,12-17)16(20)15-6-4-3-5-7-15/h3-7,14,16H,8-13H2,1-2H3. The molecule has 0 aliphatic heterocycles. The summed E-state index contributed by atoms with van der Waals surface area (Å²) in [6.07, 6.45) is 8.74. The Balaban J connectivity index is 1.74. The van der Waals surface area contributed by atoms with Crippen LogP contribution in [0.2, 0.25) is 0 Å². The van der Waals surface area contributed by atoms with Gasteiger partial charge in [0.05, 0.1) is 0 Å². The average molecular weight is 333 g/mol. The van der Waals surface area contributed by atoms with Gasteiger partial charge in [-0.05, 0) is 66.3 Å². The van der Waals surface area contributed by atoms with E-state index in [1.54, 1.807) is 0 Å². The lowest BCUT2D eigenvalue weighted by Gasteiger charge is -2.66. The Morgan fingerprint density at radius 3 is 2.10 bits per heavy atom. The maximum atomic E-state index is 4.12. The van der Waals surface area contributed by atoms with Crippen molar-refractivity contribution in [3.05, 3.63) is 35.9 Å². The van der Waals surface area contributed by atoms with Crippen molar-refractivity contribution >= 4 is 15.9 Å². The molecule has 1 aromatic rings. The Labute approximate surface area is 131 Å². The SMILES string of the molecule is CC12CC3CC(C)(C1)CC(C(Br)c1ccccc1)(C3)C2. The summed E-state index contributed by atoms with van der Waals surface area (Å²) in [5.41, 5.74) is 3.20. The number of hydrogen-bond acceptors (Lipinski definition) is 0. The Bertz CT molecular complexity index is 502. The highest BCUT2D eigenvalue weighted by Gasteiger charge is 2.61. The maximum absolute atomic E-state index is 4.12. The van der Waals surface area contributed by atoms with E-state index in [4.69, 9.17) is 0 Å². The highest BCUT2D eigenvalue weighted by molar-refractivity contribution is 9.09. The fraction of sp³-hybridized carbons (Fsp3) is 0.684. The summed E-state index contributed by atoms with van der Waals surface area (Å²) in [7, 11) is 0. The van der Waals surface area contributed by atoms with Gasteiger partial charge in [-0.25, -0.2) is 0 Å². The van der Waals surface area contributed by atoms with Gasteiger partial charge < -0.3 is 0 Å². The Morgan fingerprint density at radius 1 is 0.950 bits per heavy atom. The molecular formula is C19H25Br. The first-order chi connectivity index (χ1) is 9.42. The zero-order chi connectivity index (χ0) is 14.0. The van der Waals surface area contributed by atoms with Crippen molar-refractivity contribution in [3.63, 3.8) is 0 Å². The summed E-state index contributed by atoms with van der Waals surface area (Å²) in [5, 5.41) is 0. The van der Waals surface area contributed by atoms with Gasteiger partial charge in [0.2, 0.25) is 0 Å². The molecule has 4 aliphatic carbocycles. The first-order valence-electron chi connectivity index (χ1n) is 8.11. The average Bonchev–Trinajstić information content (AvgIpc) is 2.34. The molecule has 108 valence electrons. The molecule has 0 spiro atoms. The zero-order valence-corrected chi connectivity index (χ0v) is 14.2. The molecule has 0 nitrogen and oxygen atoms in total. The van der Waals surface area contributed by atoms with E-state index in [1.807, 2.05) is 0 Å². The van der Waals surface area contributed by atoms with E-state index in [0.29, 0.717) is 21.1 Å². The zero-order valence-electron chi connectivity index (χ0n) is 12.7. The highest BCUT2D eigenvalue weighted by Crippen LogP contribution is 2.73. The van der Waals surface area contributed by atoms with E-state index in [-0.39, 0.29) is 0 Å². The highest BCUT2D eigenvalue weighted by atomic mass is 79.9. The number of alkyl halides is 1. The van der Waals surface area contributed by atoms with Crippen LogP contribution in [0.25, 0.3) is 0 Å². The van der Waals surface area contributed by atoms with Crippen molar-refractivity contribution < 1.29 is 0 Å². The van der Waals surface area contributed by atoms with Crippen molar-refractivity contribution in [2.75, 3.05) is 0 Å². The van der Waals surface area contributed by atoms with E-state index in [1.165, 1.54) is 44.1 Å². The lowest BCUT2D eigenvalue weighted by molar-refractivity contribution is -0.144. The minimum Gasteiger partial charge on any atom is -0.0833 e. The molecule has 0 amide bonds. The Morgan fingerprint density at radius 2 is 1.55 bits per heavy atom. The molecule has 4 bridgehead atoms. The van der Waals surface area contributed by atoms with Crippen molar-refractivity contribution in [2.45, 2.75) is 57.2 Å². The van der Waals surface area contributed by atoms with Crippen LogP contribution >= 0.6 is 15.9 Å². The first-order valence-corrected chi connectivity index (χ1v) is 9.03. The minimum atomic E-state index is 0.504. The van der Waals surface area contributed by atoms with Crippen LogP contribution in [0.1, 0.15) is 62.8 Å².